The molecule has 0 spiro atoms. The molecule has 0 heterocycles. The van der Waals surface area contributed by atoms with Gasteiger partial charge in [-0.05, 0) is 31.9 Å². The number of nitro benzene ring substituents is 1. The van der Waals surface area contributed by atoms with E-state index in [1.165, 1.54) is 12.8 Å². The normalized spacial score (nSPS) is 14.7. The van der Waals surface area contributed by atoms with Crippen LogP contribution in [0.1, 0.15) is 25.3 Å². The first-order valence-electron chi connectivity index (χ1n) is 6.85. The number of rotatable bonds is 7. The van der Waals surface area contributed by atoms with Gasteiger partial charge in [-0.1, -0.05) is 19.1 Å². The van der Waals surface area contributed by atoms with Crippen LogP contribution in [0, 0.1) is 17.0 Å². The van der Waals surface area contributed by atoms with Crippen molar-refractivity contribution in [2.75, 3.05) is 25.0 Å². The van der Waals surface area contributed by atoms with E-state index in [0.29, 0.717) is 5.69 Å². The molecule has 0 saturated heterocycles. The molecule has 19 heavy (non-hydrogen) atoms. The number of para-hydroxylation sites is 1. The Labute approximate surface area is 113 Å². The van der Waals surface area contributed by atoms with Crippen LogP contribution in [0.2, 0.25) is 0 Å². The summed E-state index contributed by atoms with van der Waals surface area (Å²) in [4.78, 5) is 13.1. The lowest BCUT2D eigenvalue weighted by atomic mass is 10.1. The Hall–Kier alpha value is -1.62. The molecule has 0 unspecified atom stereocenters. The smallest absolute Gasteiger partial charge is 0.292 e. The summed E-state index contributed by atoms with van der Waals surface area (Å²) in [6, 6.07) is 5.90. The van der Waals surface area contributed by atoms with E-state index in [1.54, 1.807) is 12.1 Å². The molecule has 0 amide bonds. The second kappa shape index (κ2) is 6.02. The largest absolute Gasteiger partial charge is 0.378 e. The number of hydrogen-bond donors (Lipinski definition) is 1. The fourth-order valence-electron chi connectivity index (χ4n) is 2.40. The number of likely N-dealkylation sites (N-methyl/N-ethyl adjacent to an activating group) is 1. The third-order valence-corrected chi connectivity index (χ3v) is 3.62. The highest BCUT2D eigenvalue weighted by molar-refractivity contribution is 5.65. The summed E-state index contributed by atoms with van der Waals surface area (Å²) in [5.41, 5.74) is 1.73. The van der Waals surface area contributed by atoms with Gasteiger partial charge in [0.25, 0.3) is 5.69 Å². The van der Waals surface area contributed by atoms with Crippen LogP contribution in [0.3, 0.4) is 0 Å². The minimum atomic E-state index is -0.326. The Morgan fingerprint density at radius 2 is 2.21 bits per heavy atom. The Bertz CT molecular complexity index is 458. The Morgan fingerprint density at radius 3 is 2.79 bits per heavy atom. The van der Waals surface area contributed by atoms with E-state index in [9.17, 15) is 10.1 Å². The molecule has 0 aromatic heterocycles. The van der Waals surface area contributed by atoms with Crippen molar-refractivity contribution in [1.29, 1.82) is 0 Å². The second-order valence-electron chi connectivity index (χ2n) is 5.01. The minimum absolute atomic E-state index is 0.162. The van der Waals surface area contributed by atoms with Crippen molar-refractivity contribution in [3.63, 3.8) is 0 Å². The van der Waals surface area contributed by atoms with E-state index in [2.05, 4.69) is 17.1 Å². The number of hydrogen-bond acceptors (Lipinski definition) is 4. The molecule has 1 aliphatic carbocycles. The Balaban J connectivity index is 1.96. The molecule has 2 rings (SSSR count). The van der Waals surface area contributed by atoms with E-state index < -0.39 is 0 Å². The maximum atomic E-state index is 11.0. The van der Waals surface area contributed by atoms with Gasteiger partial charge in [-0.15, -0.1) is 0 Å². The van der Waals surface area contributed by atoms with Crippen LogP contribution >= 0.6 is 0 Å². The summed E-state index contributed by atoms with van der Waals surface area (Å²) in [6.07, 6.45) is 2.58. The zero-order valence-corrected chi connectivity index (χ0v) is 11.6. The molecule has 1 aromatic carbocycles. The first kappa shape index (κ1) is 13.8. The van der Waals surface area contributed by atoms with Crippen molar-refractivity contribution in [3.8, 4) is 0 Å². The van der Waals surface area contributed by atoms with Crippen LogP contribution < -0.4 is 5.32 Å². The summed E-state index contributed by atoms with van der Waals surface area (Å²) in [5.74, 6) is 0. The molecule has 0 aliphatic heterocycles. The topological polar surface area (TPSA) is 58.4 Å². The van der Waals surface area contributed by atoms with Crippen LogP contribution in [0.5, 0.6) is 0 Å². The van der Waals surface area contributed by atoms with Gasteiger partial charge < -0.3 is 5.32 Å². The average Bonchev–Trinajstić information content (AvgIpc) is 3.20. The minimum Gasteiger partial charge on any atom is -0.378 e. The van der Waals surface area contributed by atoms with Gasteiger partial charge in [0.15, 0.2) is 0 Å². The first-order valence-corrected chi connectivity index (χ1v) is 6.85. The highest BCUT2D eigenvalue weighted by Gasteiger charge is 2.27. The van der Waals surface area contributed by atoms with Gasteiger partial charge in [0.1, 0.15) is 5.69 Å². The molecule has 1 fully saturated rings. The van der Waals surface area contributed by atoms with Crippen molar-refractivity contribution in [2.24, 2.45) is 0 Å². The molecule has 1 saturated carbocycles. The maximum Gasteiger partial charge on any atom is 0.292 e. The number of benzene rings is 1. The lowest BCUT2D eigenvalue weighted by molar-refractivity contribution is -0.384. The number of nitrogens with one attached hydrogen (secondary N) is 1. The molecule has 0 radical (unpaired) electrons. The quantitative estimate of drug-likeness (QED) is 0.607. The van der Waals surface area contributed by atoms with Gasteiger partial charge in [0, 0.05) is 25.2 Å². The summed E-state index contributed by atoms with van der Waals surface area (Å²) >= 11 is 0. The second-order valence-corrected chi connectivity index (χ2v) is 5.01. The van der Waals surface area contributed by atoms with Crippen molar-refractivity contribution in [2.45, 2.75) is 32.7 Å². The molecule has 1 N–H and O–H groups in total. The summed E-state index contributed by atoms with van der Waals surface area (Å²) < 4.78 is 0. The molecule has 0 atom stereocenters. The van der Waals surface area contributed by atoms with Crippen LogP contribution in [-0.4, -0.2) is 35.5 Å². The predicted molar refractivity (Wildman–Crippen MR) is 76.6 cm³/mol. The molecule has 1 aromatic rings. The van der Waals surface area contributed by atoms with Crippen molar-refractivity contribution < 1.29 is 4.92 Å². The third kappa shape index (κ3) is 3.44. The summed E-state index contributed by atoms with van der Waals surface area (Å²) in [5, 5.41) is 14.2. The van der Waals surface area contributed by atoms with Crippen LogP contribution in [0.4, 0.5) is 11.4 Å². The van der Waals surface area contributed by atoms with Crippen LogP contribution in [-0.2, 0) is 0 Å². The van der Waals surface area contributed by atoms with Gasteiger partial charge in [-0.25, -0.2) is 0 Å². The summed E-state index contributed by atoms with van der Waals surface area (Å²) in [7, 11) is 0. The number of aryl methyl sites for hydroxylation is 1. The monoisotopic (exact) mass is 263 g/mol. The van der Waals surface area contributed by atoms with Crippen molar-refractivity contribution in [1.82, 2.24) is 4.90 Å². The summed E-state index contributed by atoms with van der Waals surface area (Å²) in [6.45, 7) is 6.78. The van der Waals surface area contributed by atoms with Gasteiger partial charge in [-0.3, -0.25) is 15.0 Å². The number of anilines is 1. The molecule has 1 aliphatic rings. The predicted octanol–water partition coefficient (Wildman–Crippen LogP) is 2.80. The SMILES string of the molecule is CCN(CCNc1c(C)cccc1[N+](=O)[O-])C1CC1. The van der Waals surface area contributed by atoms with Gasteiger partial charge in [0.05, 0.1) is 4.92 Å². The standard InChI is InChI=1S/C14H21N3O2/c1-3-16(12-7-8-12)10-9-15-14-11(2)5-4-6-13(14)17(18)19/h4-6,12,15H,3,7-10H2,1-2H3. The van der Waals surface area contributed by atoms with Crippen molar-refractivity contribution in [3.05, 3.63) is 33.9 Å². The van der Waals surface area contributed by atoms with Gasteiger partial charge in [0.2, 0.25) is 0 Å². The van der Waals surface area contributed by atoms with Crippen molar-refractivity contribution >= 4 is 11.4 Å². The molecular weight excluding hydrogens is 242 g/mol. The lowest BCUT2D eigenvalue weighted by Gasteiger charge is -2.20. The van der Waals surface area contributed by atoms with E-state index in [4.69, 9.17) is 0 Å². The molecular formula is C14H21N3O2. The fourth-order valence-corrected chi connectivity index (χ4v) is 2.40. The van der Waals surface area contributed by atoms with E-state index >= 15 is 0 Å². The highest BCUT2D eigenvalue weighted by Crippen LogP contribution is 2.28. The molecule has 5 heteroatoms. The van der Waals surface area contributed by atoms with Gasteiger partial charge in [-0.2, -0.15) is 0 Å². The van der Waals surface area contributed by atoms with E-state index in [1.807, 2.05) is 13.0 Å². The molecule has 0 bridgehead atoms. The fraction of sp³-hybridized carbons (Fsp3) is 0.571. The van der Waals surface area contributed by atoms with Crippen LogP contribution in [0.15, 0.2) is 18.2 Å². The number of nitrogens with zero attached hydrogens (tertiary/aromatic N) is 2. The Kier molecular flexibility index (Phi) is 4.37. The maximum absolute atomic E-state index is 11.0. The van der Waals surface area contributed by atoms with Crippen LogP contribution in [0.25, 0.3) is 0 Å². The molecule has 104 valence electrons. The average molecular weight is 263 g/mol. The van der Waals surface area contributed by atoms with E-state index in [0.717, 1.165) is 31.2 Å². The molecule has 5 nitrogen and oxygen atoms in total. The van der Waals surface area contributed by atoms with E-state index in [-0.39, 0.29) is 10.6 Å². The van der Waals surface area contributed by atoms with Gasteiger partial charge >= 0.3 is 0 Å². The Morgan fingerprint density at radius 1 is 1.47 bits per heavy atom. The lowest BCUT2D eigenvalue weighted by Crippen LogP contribution is -2.31. The zero-order valence-electron chi connectivity index (χ0n) is 11.6. The first-order chi connectivity index (χ1) is 9.13. The zero-order chi connectivity index (χ0) is 13.8. The third-order valence-electron chi connectivity index (χ3n) is 3.62. The number of nitro groups is 1. The highest BCUT2D eigenvalue weighted by atomic mass is 16.6.